The van der Waals surface area contributed by atoms with Gasteiger partial charge < -0.3 is 10.1 Å². The quantitative estimate of drug-likeness (QED) is 0.843. The van der Waals surface area contributed by atoms with Gasteiger partial charge in [0.15, 0.2) is 0 Å². The molecule has 1 aliphatic heterocycles. The number of morpholine rings is 1. The Morgan fingerprint density at radius 1 is 1.33 bits per heavy atom. The van der Waals surface area contributed by atoms with Gasteiger partial charge >= 0.3 is 0 Å². The highest BCUT2D eigenvalue weighted by molar-refractivity contribution is 6.30. The van der Waals surface area contributed by atoms with Crippen LogP contribution < -0.4 is 5.32 Å². The fourth-order valence-electron chi connectivity index (χ4n) is 3.03. The summed E-state index contributed by atoms with van der Waals surface area (Å²) in [5, 5.41) is 3.61. The number of hydrogen-bond donors (Lipinski definition) is 1. The molecular formula is C14H17ClFNO. The standard InChI is InChI=1S/C14H17ClFNO/c15-11-7-10(3-4-12(11)16)13-8-17-9-14(18-13)5-1-2-6-14/h3-4,7,13,17H,1-2,5-6,8-9H2. The lowest BCUT2D eigenvalue weighted by Gasteiger charge is -2.39. The summed E-state index contributed by atoms with van der Waals surface area (Å²) in [7, 11) is 0. The summed E-state index contributed by atoms with van der Waals surface area (Å²) in [5.74, 6) is -0.375. The normalized spacial score (nSPS) is 26.7. The van der Waals surface area contributed by atoms with Crippen LogP contribution in [0.2, 0.25) is 5.02 Å². The Labute approximate surface area is 111 Å². The van der Waals surface area contributed by atoms with Crippen LogP contribution in [0.3, 0.4) is 0 Å². The molecule has 1 aromatic rings. The first-order chi connectivity index (χ1) is 8.69. The van der Waals surface area contributed by atoms with Crippen LogP contribution in [0.1, 0.15) is 37.4 Å². The molecule has 2 nitrogen and oxygen atoms in total. The number of ether oxygens (including phenoxy) is 1. The van der Waals surface area contributed by atoms with E-state index in [0.29, 0.717) is 0 Å². The van der Waals surface area contributed by atoms with Crippen molar-refractivity contribution >= 4 is 11.6 Å². The molecule has 1 aliphatic carbocycles. The van der Waals surface area contributed by atoms with E-state index in [0.717, 1.165) is 31.5 Å². The molecule has 0 aromatic heterocycles. The van der Waals surface area contributed by atoms with E-state index >= 15 is 0 Å². The average Bonchev–Trinajstić information content (AvgIpc) is 2.81. The second-order valence-corrected chi connectivity index (χ2v) is 5.71. The van der Waals surface area contributed by atoms with Crippen molar-refractivity contribution in [3.8, 4) is 0 Å². The maximum Gasteiger partial charge on any atom is 0.141 e. The zero-order valence-electron chi connectivity index (χ0n) is 10.2. The van der Waals surface area contributed by atoms with E-state index in [1.54, 1.807) is 12.1 Å². The Balaban J connectivity index is 1.81. The maximum absolute atomic E-state index is 13.2. The van der Waals surface area contributed by atoms with Crippen LogP contribution in [0.4, 0.5) is 4.39 Å². The van der Waals surface area contributed by atoms with Crippen LogP contribution >= 0.6 is 11.6 Å². The number of benzene rings is 1. The van der Waals surface area contributed by atoms with Crippen molar-refractivity contribution in [3.05, 3.63) is 34.6 Å². The summed E-state index contributed by atoms with van der Waals surface area (Å²) in [4.78, 5) is 0. The van der Waals surface area contributed by atoms with Crippen molar-refractivity contribution < 1.29 is 9.13 Å². The Hall–Kier alpha value is -0.640. The monoisotopic (exact) mass is 269 g/mol. The lowest BCUT2D eigenvalue weighted by Crippen LogP contribution is -2.49. The molecule has 0 radical (unpaired) electrons. The number of halogens is 2. The summed E-state index contributed by atoms with van der Waals surface area (Å²) < 4.78 is 19.4. The van der Waals surface area contributed by atoms with E-state index in [4.69, 9.17) is 16.3 Å². The van der Waals surface area contributed by atoms with Gasteiger partial charge in [-0.15, -0.1) is 0 Å². The topological polar surface area (TPSA) is 21.3 Å². The molecule has 1 aromatic carbocycles. The van der Waals surface area contributed by atoms with Crippen molar-refractivity contribution in [3.63, 3.8) is 0 Å². The molecule has 1 saturated carbocycles. The van der Waals surface area contributed by atoms with E-state index in [1.807, 2.05) is 0 Å². The summed E-state index contributed by atoms with van der Waals surface area (Å²) in [6.07, 6.45) is 4.68. The maximum atomic E-state index is 13.2. The molecule has 2 aliphatic rings. The molecule has 1 N–H and O–H groups in total. The second kappa shape index (κ2) is 4.80. The van der Waals surface area contributed by atoms with Gasteiger partial charge in [0, 0.05) is 13.1 Å². The second-order valence-electron chi connectivity index (χ2n) is 5.30. The van der Waals surface area contributed by atoms with E-state index in [9.17, 15) is 4.39 Å². The highest BCUT2D eigenvalue weighted by Gasteiger charge is 2.40. The van der Waals surface area contributed by atoms with Gasteiger partial charge in [-0.1, -0.05) is 30.5 Å². The summed E-state index contributed by atoms with van der Waals surface area (Å²) in [6.45, 7) is 1.70. The Bertz CT molecular complexity index is 445. The van der Waals surface area contributed by atoms with Gasteiger partial charge in [-0.05, 0) is 30.5 Å². The third-order valence-electron chi connectivity index (χ3n) is 4.00. The minimum absolute atomic E-state index is 0.0101. The average molecular weight is 270 g/mol. The van der Waals surface area contributed by atoms with Gasteiger partial charge in [-0.3, -0.25) is 0 Å². The molecule has 0 amide bonds. The van der Waals surface area contributed by atoms with Gasteiger partial charge in [-0.25, -0.2) is 4.39 Å². The number of hydrogen-bond acceptors (Lipinski definition) is 2. The Kier molecular flexibility index (Phi) is 3.31. The van der Waals surface area contributed by atoms with Crippen LogP contribution in [0.15, 0.2) is 18.2 Å². The lowest BCUT2D eigenvalue weighted by molar-refractivity contribution is -0.114. The molecule has 3 rings (SSSR count). The molecule has 1 atom stereocenters. The molecule has 0 bridgehead atoms. The first-order valence-corrected chi connectivity index (χ1v) is 6.90. The smallest absolute Gasteiger partial charge is 0.141 e. The highest BCUT2D eigenvalue weighted by atomic mass is 35.5. The van der Waals surface area contributed by atoms with Gasteiger partial charge in [0.2, 0.25) is 0 Å². The zero-order chi connectivity index (χ0) is 12.6. The predicted molar refractivity (Wildman–Crippen MR) is 69.3 cm³/mol. The minimum Gasteiger partial charge on any atom is -0.364 e. The van der Waals surface area contributed by atoms with E-state index in [-0.39, 0.29) is 22.5 Å². The summed E-state index contributed by atoms with van der Waals surface area (Å²) in [5.41, 5.74) is 0.948. The SMILES string of the molecule is Fc1ccc(C2CNCC3(CCCC3)O2)cc1Cl. The first-order valence-electron chi connectivity index (χ1n) is 6.52. The van der Waals surface area contributed by atoms with Crippen LogP contribution in [0.5, 0.6) is 0 Å². The molecule has 4 heteroatoms. The van der Waals surface area contributed by atoms with E-state index in [2.05, 4.69) is 5.32 Å². The molecule has 1 spiro atoms. The van der Waals surface area contributed by atoms with Crippen molar-refractivity contribution in [2.24, 2.45) is 0 Å². The summed E-state index contributed by atoms with van der Waals surface area (Å²) in [6, 6.07) is 4.86. The fraction of sp³-hybridized carbons (Fsp3) is 0.571. The summed E-state index contributed by atoms with van der Waals surface area (Å²) >= 11 is 5.83. The van der Waals surface area contributed by atoms with Gasteiger partial charge in [0.05, 0.1) is 16.7 Å². The molecule has 1 saturated heterocycles. The Morgan fingerprint density at radius 3 is 2.83 bits per heavy atom. The van der Waals surface area contributed by atoms with Gasteiger partial charge in [0.25, 0.3) is 0 Å². The van der Waals surface area contributed by atoms with E-state index in [1.165, 1.54) is 18.9 Å². The highest BCUT2D eigenvalue weighted by Crippen LogP contribution is 2.39. The molecule has 1 heterocycles. The lowest BCUT2D eigenvalue weighted by atomic mass is 9.97. The van der Waals surface area contributed by atoms with Crippen molar-refractivity contribution in [2.75, 3.05) is 13.1 Å². The third-order valence-corrected chi connectivity index (χ3v) is 4.29. The molecular weight excluding hydrogens is 253 g/mol. The van der Waals surface area contributed by atoms with Crippen molar-refractivity contribution in [1.29, 1.82) is 0 Å². The number of nitrogens with one attached hydrogen (secondary N) is 1. The minimum atomic E-state index is -0.375. The molecule has 2 fully saturated rings. The third kappa shape index (κ3) is 2.27. The predicted octanol–water partition coefficient (Wildman–Crippen LogP) is 3.45. The fourth-order valence-corrected chi connectivity index (χ4v) is 3.22. The van der Waals surface area contributed by atoms with Crippen LogP contribution in [0.25, 0.3) is 0 Å². The molecule has 1 unspecified atom stereocenters. The van der Waals surface area contributed by atoms with Gasteiger partial charge in [-0.2, -0.15) is 0 Å². The van der Waals surface area contributed by atoms with Gasteiger partial charge in [0.1, 0.15) is 5.82 Å². The number of rotatable bonds is 1. The molecule has 98 valence electrons. The van der Waals surface area contributed by atoms with Crippen LogP contribution in [-0.4, -0.2) is 18.7 Å². The largest absolute Gasteiger partial charge is 0.364 e. The Morgan fingerprint density at radius 2 is 2.11 bits per heavy atom. The van der Waals surface area contributed by atoms with Crippen molar-refractivity contribution in [2.45, 2.75) is 37.4 Å². The van der Waals surface area contributed by atoms with Crippen LogP contribution in [-0.2, 0) is 4.74 Å². The first kappa shape index (κ1) is 12.4. The molecule has 18 heavy (non-hydrogen) atoms. The zero-order valence-corrected chi connectivity index (χ0v) is 11.0. The van der Waals surface area contributed by atoms with Crippen molar-refractivity contribution in [1.82, 2.24) is 5.32 Å². The van der Waals surface area contributed by atoms with E-state index < -0.39 is 0 Å². The van der Waals surface area contributed by atoms with Crippen LogP contribution in [0, 0.1) is 5.82 Å².